The molecule has 0 aromatic heterocycles. The lowest BCUT2D eigenvalue weighted by Gasteiger charge is -2.12. The van der Waals surface area contributed by atoms with Crippen LogP contribution in [0.5, 0.6) is 5.75 Å². The first-order valence-corrected chi connectivity index (χ1v) is 3.79. The van der Waals surface area contributed by atoms with E-state index in [2.05, 4.69) is 0 Å². The Morgan fingerprint density at radius 1 is 1.50 bits per heavy atom. The Morgan fingerprint density at radius 3 is 2.75 bits per heavy atom. The van der Waals surface area contributed by atoms with E-state index in [1.807, 2.05) is 24.3 Å². The van der Waals surface area contributed by atoms with Crippen LogP contribution in [-0.2, 0) is 0 Å². The molecule has 66 valence electrons. The Bertz CT molecular complexity index is 250. The number of rotatable bonds is 3. The zero-order valence-corrected chi connectivity index (χ0v) is 7.03. The van der Waals surface area contributed by atoms with Crippen LogP contribution >= 0.6 is 0 Å². The molecule has 0 aliphatic heterocycles. The van der Waals surface area contributed by atoms with E-state index in [1.165, 1.54) is 0 Å². The number of nitrogens with two attached hydrogens (primary N) is 1. The maximum absolute atomic E-state index is 8.83. The van der Waals surface area contributed by atoms with Crippen LogP contribution in [-0.4, -0.2) is 18.8 Å². The fourth-order valence-corrected chi connectivity index (χ4v) is 1.07. The summed E-state index contributed by atoms with van der Waals surface area (Å²) in [5, 5.41) is 8.83. The number of hydrogen-bond acceptors (Lipinski definition) is 3. The second kappa shape index (κ2) is 4.09. The van der Waals surface area contributed by atoms with Crippen molar-refractivity contribution in [2.24, 2.45) is 5.73 Å². The van der Waals surface area contributed by atoms with Crippen molar-refractivity contribution in [1.29, 1.82) is 0 Å². The van der Waals surface area contributed by atoms with Crippen LogP contribution in [0.1, 0.15) is 11.6 Å². The Hall–Kier alpha value is -1.06. The average Bonchev–Trinajstić information content (AvgIpc) is 2.16. The van der Waals surface area contributed by atoms with Crippen LogP contribution in [0, 0.1) is 0 Å². The highest BCUT2D eigenvalue weighted by molar-refractivity contribution is 5.35. The molecular formula is C9H13NO2. The van der Waals surface area contributed by atoms with Crippen molar-refractivity contribution >= 4 is 0 Å². The smallest absolute Gasteiger partial charge is 0.123 e. The van der Waals surface area contributed by atoms with Gasteiger partial charge >= 0.3 is 0 Å². The highest BCUT2D eigenvalue weighted by Crippen LogP contribution is 2.22. The molecule has 0 fully saturated rings. The van der Waals surface area contributed by atoms with Gasteiger partial charge in [0.05, 0.1) is 19.8 Å². The molecule has 0 amide bonds. The first kappa shape index (κ1) is 9.03. The standard InChI is InChI=1S/C9H13NO2/c1-12-9-5-3-2-4-7(9)8(10)6-11/h2-5,8,11H,6,10H2,1H3/t8-/m1/s1. The molecule has 0 spiro atoms. The van der Waals surface area contributed by atoms with Crippen molar-refractivity contribution in [3.8, 4) is 5.75 Å². The third kappa shape index (κ3) is 1.75. The number of methoxy groups -OCH3 is 1. The van der Waals surface area contributed by atoms with E-state index in [-0.39, 0.29) is 12.6 Å². The van der Waals surface area contributed by atoms with Gasteiger partial charge in [-0.15, -0.1) is 0 Å². The van der Waals surface area contributed by atoms with Crippen molar-refractivity contribution in [2.75, 3.05) is 13.7 Å². The van der Waals surface area contributed by atoms with E-state index in [1.54, 1.807) is 7.11 Å². The molecule has 0 saturated carbocycles. The summed E-state index contributed by atoms with van der Waals surface area (Å²) >= 11 is 0. The van der Waals surface area contributed by atoms with E-state index < -0.39 is 0 Å². The molecule has 3 N–H and O–H groups in total. The maximum Gasteiger partial charge on any atom is 0.123 e. The van der Waals surface area contributed by atoms with Crippen molar-refractivity contribution in [2.45, 2.75) is 6.04 Å². The largest absolute Gasteiger partial charge is 0.496 e. The summed E-state index contributed by atoms with van der Waals surface area (Å²) in [6, 6.07) is 7.05. The summed E-state index contributed by atoms with van der Waals surface area (Å²) in [7, 11) is 1.59. The molecule has 1 atom stereocenters. The molecule has 0 heterocycles. The van der Waals surface area contributed by atoms with Gasteiger partial charge in [-0.1, -0.05) is 18.2 Å². The van der Waals surface area contributed by atoms with Crippen molar-refractivity contribution in [1.82, 2.24) is 0 Å². The predicted octanol–water partition coefficient (Wildman–Crippen LogP) is 0.687. The van der Waals surface area contributed by atoms with Crippen LogP contribution in [0.3, 0.4) is 0 Å². The third-order valence-electron chi connectivity index (χ3n) is 1.74. The number of hydrogen-bond donors (Lipinski definition) is 2. The highest BCUT2D eigenvalue weighted by Gasteiger charge is 2.08. The number of benzene rings is 1. The number of aliphatic hydroxyl groups excluding tert-OH is 1. The molecule has 0 saturated heterocycles. The van der Waals surface area contributed by atoms with Gasteiger partial charge < -0.3 is 15.6 Å². The molecule has 0 bridgehead atoms. The van der Waals surface area contributed by atoms with Gasteiger partial charge in [0.1, 0.15) is 5.75 Å². The molecule has 0 aliphatic carbocycles. The second-order valence-corrected chi connectivity index (χ2v) is 2.53. The number of para-hydroxylation sites is 1. The van der Waals surface area contributed by atoms with Crippen LogP contribution in [0.2, 0.25) is 0 Å². The number of aliphatic hydroxyl groups is 1. The maximum atomic E-state index is 8.83. The van der Waals surface area contributed by atoms with Gasteiger partial charge in [-0.25, -0.2) is 0 Å². The monoisotopic (exact) mass is 167 g/mol. The van der Waals surface area contributed by atoms with Gasteiger partial charge in [-0.3, -0.25) is 0 Å². The van der Waals surface area contributed by atoms with E-state index >= 15 is 0 Å². The lowest BCUT2D eigenvalue weighted by atomic mass is 10.1. The number of ether oxygens (including phenoxy) is 1. The molecule has 0 aliphatic rings. The lowest BCUT2D eigenvalue weighted by molar-refractivity contribution is 0.264. The van der Waals surface area contributed by atoms with Gasteiger partial charge in [0.2, 0.25) is 0 Å². The Labute approximate surface area is 71.8 Å². The minimum absolute atomic E-state index is 0.0691. The van der Waals surface area contributed by atoms with Gasteiger partial charge in [-0.05, 0) is 6.07 Å². The first-order valence-electron chi connectivity index (χ1n) is 3.79. The Balaban J connectivity index is 2.96. The fraction of sp³-hybridized carbons (Fsp3) is 0.333. The van der Waals surface area contributed by atoms with Gasteiger partial charge in [-0.2, -0.15) is 0 Å². The SMILES string of the molecule is COc1ccccc1[C@H](N)CO. The molecule has 3 nitrogen and oxygen atoms in total. The van der Waals surface area contributed by atoms with Crippen LogP contribution in [0.4, 0.5) is 0 Å². The van der Waals surface area contributed by atoms with E-state index in [4.69, 9.17) is 15.6 Å². The molecule has 0 unspecified atom stereocenters. The van der Waals surface area contributed by atoms with Crippen LogP contribution in [0.15, 0.2) is 24.3 Å². The molecular weight excluding hydrogens is 154 g/mol. The summed E-state index contributed by atoms with van der Waals surface area (Å²) < 4.78 is 5.08. The molecule has 1 aromatic carbocycles. The molecule has 0 radical (unpaired) electrons. The zero-order valence-electron chi connectivity index (χ0n) is 7.03. The topological polar surface area (TPSA) is 55.5 Å². The summed E-state index contributed by atoms with van der Waals surface area (Å²) in [6.07, 6.45) is 0. The van der Waals surface area contributed by atoms with Crippen molar-refractivity contribution in [3.63, 3.8) is 0 Å². The summed E-state index contributed by atoms with van der Waals surface area (Å²) in [6.45, 7) is -0.0691. The van der Waals surface area contributed by atoms with E-state index in [9.17, 15) is 0 Å². The fourth-order valence-electron chi connectivity index (χ4n) is 1.07. The van der Waals surface area contributed by atoms with E-state index in [0.717, 1.165) is 11.3 Å². The normalized spacial score (nSPS) is 12.6. The Kier molecular flexibility index (Phi) is 3.08. The summed E-state index contributed by atoms with van der Waals surface area (Å²) in [5.74, 6) is 0.721. The van der Waals surface area contributed by atoms with Gasteiger partial charge in [0, 0.05) is 5.56 Å². The Morgan fingerprint density at radius 2 is 2.17 bits per heavy atom. The average molecular weight is 167 g/mol. The van der Waals surface area contributed by atoms with Crippen LogP contribution in [0.25, 0.3) is 0 Å². The lowest BCUT2D eigenvalue weighted by Crippen LogP contribution is -2.15. The molecule has 1 aromatic rings. The van der Waals surface area contributed by atoms with Crippen LogP contribution < -0.4 is 10.5 Å². The quantitative estimate of drug-likeness (QED) is 0.696. The summed E-state index contributed by atoms with van der Waals surface area (Å²) in [4.78, 5) is 0. The van der Waals surface area contributed by atoms with Crippen molar-refractivity contribution < 1.29 is 9.84 Å². The third-order valence-corrected chi connectivity index (χ3v) is 1.74. The second-order valence-electron chi connectivity index (χ2n) is 2.53. The van der Waals surface area contributed by atoms with E-state index in [0.29, 0.717) is 0 Å². The van der Waals surface area contributed by atoms with Crippen molar-refractivity contribution in [3.05, 3.63) is 29.8 Å². The molecule has 12 heavy (non-hydrogen) atoms. The minimum atomic E-state index is -0.360. The highest BCUT2D eigenvalue weighted by atomic mass is 16.5. The molecule has 3 heteroatoms. The summed E-state index contributed by atoms with van der Waals surface area (Å²) in [5.41, 5.74) is 6.48. The van der Waals surface area contributed by atoms with Gasteiger partial charge in [0.25, 0.3) is 0 Å². The zero-order chi connectivity index (χ0) is 8.97. The predicted molar refractivity (Wildman–Crippen MR) is 47.0 cm³/mol. The minimum Gasteiger partial charge on any atom is -0.496 e. The first-order chi connectivity index (χ1) is 5.79. The van der Waals surface area contributed by atoms with Gasteiger partial charge in [0.15, 0.2) is 0 Å². The molecule has 1 rings (SSSR count).